The number of amides is 2. The molecule has 1 aromatic carbocycles. The zero-order chi connectivity index (χ0) is 23.1. The van der Waals surface area contributed by atoms with Crippen molar-refractivity contribution in [3.05, 3.63) is 68.6 Å². The van der Waals surface area contributed by atoms with E-state index in [9.17, 15) is 22.8 Å². The quantitative estimate of drug-likeness (QED) is 0.653. The topological polar surface area (TPSA) is 106 Å². The van der Waals surface area contributed by atoms with Crippen LogP contribution in [0.4, 0.5) is 0 Å². The minimum Gasteiger partial charge on any atom is -0.348 e. The molecule has 0 spiro atoms. The molecular weight excluding hydrogens is 454 g/mol. The van der Waals surface area contributed by atoms with Gasteiger partial charge in [0.25, 0.3) is 17.4 Å². The molecule has 8 nitrogen and oxygen atoms in total. The molecule has 2 aliphatic rings. The molecule has 0 unspecified atom stereocenters. The molecule has 0 atom stereocenters. The van der Waals surface area contributed by atoms with Gasteiger partial charge in [-0.15, -0.1) is 0 Å². The molecule has 1 aliphatic carbocycles. The van der Waals surface area contributed by atoms with Gasteiger partial charge in [-0.3, -0.25) is 14.4 Å². The van der Waals surface area contributed by atoms with Crippen molar-refractivity contribution in [2.45, 2.75) is 25.9 Å². The summed E-state index contributed by atoms with van der Waals surface area (Å²) in [6.07, 6.45) is 2.74. The number of fused-ring (bicyclic) bond motifs is 1. The second-order valence-corrected chi connectivity index (χ2v) is 11.3. The Morgan fingerprint density at radius 2 is 1.78 bits per heavy atom. The molecule has 0 radical (unpaired) electrons. The van der Waals surface area contributed by atoms with Crippen LogP contribution >= 0.6 is 11.6 Å². The molecule has 0 saturated heterocycles. The van der Waals surface area contributed by atoms with Crippen molar-refractivity contribution >= 4 is 33.3 Å². The van der Waals surface area contributed by atoms with E-state index >= 15 is 0 Å². The summed E-state index contributed by atoms with van der Waals surface area (Å²) in [6.45, 7) is 1.16. The van der Waals surface area contributed by atoms with Crippen LogP contribution in [0, 0.1) is 5.41 Å². The number of pyridine rings is 1. The Hall–Kier alpha value is -2.65. The predicted molar refractivity (Wildman–Crippen MR) is 121 cm³/mol. The van der Waals surface area contributed by atoms with Gasteiger partial charge in [0.1, 0.15) is 21.1 Å². The summed E-state index contributed by atoms with van der Waals surface area (Å²) in [7, 11) is -3.14. The molecule has 32 heavy (non-hydrogen) atoms. The van der Waals surface area contributed by atoms with Crippen LogP contribution in [0.15, 0.2) is 41.2 Å². The first kappa shape index (κ1) is 22.5. The van der Waals surface area contributed by atoms with Gasteiger partial charge in [-0.05, 0) is 42.7 Å². The summed E-state index contributed by atoms with van der Waals surface area (Å²) in [5.74, 6) is -0.773. The van der Waals surface area contributed by atoms with Crippen LogP contribution in [0.1, 0.15) is 39.3 Å². The summed E-state index contributed by atoms with van der Waals surface area (Å²) in [4.78, 5) is 40.0. The molecule has 1 saturated carbocycles. The molecule has 0 bridgehead atoms. The van der Waals surface area contributed by atoms with Crippen molar-refractivity contribution < 1.29 is 18.0 Å². The highest BCUT2D eigenvalue weighted by atomic mass is 35.5. The van der Waals surface area contributed by atoms with Gasteiger partial charge in [0.05, 0.1) is 5.75 Å². The Kier molecular flexibility index (Phi) is 5.89. The predicted octanol–water partition coefficient (Wildman–Crippen LogP) is 1.71. The van der Waals surface area contributed by atoms with Gasteiger partial charge in [0.2, 0.25) is 0 Å². The number of halogens is 1. The van der Waals surface area contributed by atoms with E-state index in [2.05, 4.69) is 5.32 Å². The Morgan fingerprint density at radius 1 is 1.09 bits per heavy atom. The third kappa shape index (κ3) is 4.88. The summed E-state index contributed by atoms with van der Waals surface area (Å²) in [5, 5.41) is 3.31. The second kappa shape index (κ2) is 8.37. The summed E-state index contributed by atoms with van der Waals surface area (Å²) >= 11 is 5.86. The second-order valence-electron chi connectivity index (χ2n) is 8.69. The van der Waals surface area contributed by atoms with E-state index in [-0.39, 0.29) is 41.4 Å². The minimum absolute atomic E-state index is 0.0281. The molecule has 4 rings (SSSR count). The molecule has 2 amide bonds. The van der Waals surface area contributed by atoms with Crippen LogP contribution in [0.3, 0.4) is 0 Å². The first-order chi connectivity index (χ1) is 15.1. The summed E-state index contributed by atoms with van der Waals surface area (Å²) in [5.41, 5.74) is 0.134. The molecule has 1 aliphatic heterocycles. The third-order valence-corrected chi connectivity index (χ3v) is 7.33. The number of nitrogens with zero attached hydrogens (tertiary/aromatic N) is 2. The Labute approximate surface area is 191 Å². The van der Waals surface area contributed by atoms with Crippen LogP contribution in [0.5, 0.6) is 0 Å². The number of hydrogen-bond donors (Lipinski definition) is 1. The van der Waals surface area contributed by atoms with E-state index in [1.165, 1.54) is 23.0 Å². The lowest BCUT2D eigenvalue weighted by Gasteiger charge is -2.32. The Bertz CT molecular complexity index is 1230. The van der Waals surface area contributed by atoms with Crippen LogP contribution < -0.4 is 10.9 Å². The molecule has 2 heterocycles. The minimum atomic E-state index is -3.14. The van der Waals surface area contributed by atoms with Crippen molar-refractivity contribution in [2.24, 2.45) is 5.41 Å². The maximum atomic E-state index is 13.0. The lowest BCUT2D eigenvalue weighted by Crippen LogP contribution is -2.48. The average Bonchev–Trinajstić information content (AvgIpc) is 3.47. The number of nitrogens with one attached hydrogen (secondary N) is 1. The lowest BCUT2D eigenvalue weighted by molar-refractivity contribution is 0.0665. The molecule has 170 valence electrons. The van der Waals surface area contributed by atoms with Crippen molar-refractivity contribution in [3.63, 3.8) is 0 Å². The standard InChI is InChI=1S/C22H24ClN3O5S/c1-32(30,31)14-22(8-9-22)13-25-10-11-26-18(21(25)29)7-6-17(20(26)28)19(27)24-12-15-2-4-16(23)5-3-15/h2-7H,8-14H2,1H3,(H,24,27). The van der Waals surface area contributed by atoms with Crippen molar-refractivity contribution in [1.29, 1.82) is 0 Å². The lowest BCUT2D eigenvalue weighted by atomic mass is 10.1. The number of sulfone groups is 1. The zero-order valence-corrected chi connectivity index (χ0v) is 19.2. The van der Waals surface area contributed by atoms with E-state index in [1.807, 2.05) is 0 Å². The van der Waals surface area contributed by atoms with Gasteiger partial charge >= 0.3 is 0 Å². The summed E-state index contributed by atoms with van der Waals surface area (Å²) < 4.78 is 24.8. The zero-order valence-electron chi connectivity index (χ0n) is 17.6. The van der Waals surface area contributed by atoms with E-state index in [0.29, 0.717) is 18.1 Å². The van der Waals surface area contributed by atoms with Gasteiger partial charge < -0.3 is 14.8 Å². The van der Waals surface area contributed by atoms with Gasteiger partial charge in [0, 0.05) is 42.9 Å². The van der Waals surface area contributed by atoms with Gasteiger partial charge in [-0.2, -0.15) is 0 Å². The normalized spacial score (nSPS) is 17.1. The highest BCUT2D eigenvalue weighted by Crippen LogP contribution is 2.47. The number of carbonyl (C=O) groups is 2. The van der Waals surface area contributed by atoms with Gasteiger partial charge in [-0.25, -0.2) is 8.42 Å². The number of rotatable bonds is 7. The first-order valence-corrected chi connectivity index (χ1v) is 12.7. The molecule has 1 fully saturated rings. The third-order valence-electron chi connectivity index (χ3n) is 5.94. The number of aromatic nitrogens is 1. The maximum absolute atomic E-state index is 13.0. The van der Waals surface area contributed by atoms with Crippen LogP contribution in [-0.4, -0.2) is 54.8 Å². The fourth-order valence-corrected chi connectivity index (χ4v) is 5.78. The van der Waals surface area contributed by atoms with Gasteiger partial charge in [0.15, 0.2) is 0 Å². The largest absolute Gasteiger partial charge is 0.348 e. The highest BCUT2D eigenvalue weighted by molar-refractivity contribution is 7.90. The smallest absolute Gasteiger partial charge is 0.270 e. The fourth-order valence-electron chi connectivity index (χ4n) is 4.16. The van der Waals surface area contributed by atoms with Crippen molar-refractivity contribution in [3.8, 4) is 0 Å². The number of benzene rings is 1. The number of carbonyl (C=O) groups excluding carboxylic acids is 2. The Morgan fingerprint density at radius 3 is 2.41 bits per heavy atom. The van der Waals surface area contributed by atoms with Crippen LogP contribution in [0.2, 0.25) is 5.02 Å². The summed E-state index contributed by atoms with van der Waals surface area (Å²) in [6, 6.07) is 9.86. The van der Waals surface area contributed by atoms with E-state index in [4.69, 9.17) is 11.6 Å². The molecule has 10 heteroatoms. The molecule has 1 aromatic heterocycles. The number of hydrogen-bond acceptors (Lipinski definition) is 5. The van der Waals surface area contributed by atoms with Crippen molar-refractivity contribution in [2.75, 3.05) is 25.1 Å². The molecule has 1 N–H and O–H groups in total. The van der Waals surface area contributed by atoms with E-state index < -0.39 is 21.3 Å². The first-order valence-electron chi connectivity index (χ1n) is 10.3. The van der Waals surface area contributed by atoms with Crippen molar-refractivity contribution in [1.82, 2.24) is 14.8 Å². The van der Waals surface area contributed by atoms with Crippen LogP contribution in [0.25, 0.3) is 0 Å². The maximum Gasteiger partial charge on any atom is 0.270 e. The highest BCUT2D eigenvalue weighted by Gasteiger charge is 2.47. The average molecular weight is 478 g/mol. The SMILES string of the molecule is CS(=O)(=O)CC1(CN2CCn3c(ccc(C(=O)NCc4ccc(Cl)cc4)c3=O)C2=O)CC1. The van der Waals surface area contributed by atoms with E-state index in [0.717, 1.165) is 18.4 Å². The molecule has 2 aromatic rings. The van der Waals surface area contributed by atoms with E-state index in [1.54, 1.807) is 29.2 Å². The van der Waals surface area contributed by atoms with Crippen LogP contribution in [-0.2, 0) is 22.9 Å². The molecular formula is C22H24ClN3O5S. The fraction of sp³-hybridized carbons (Fsp3) is 0.409. The van der Waals surface area contributed by atoms with Gasteiger partial charge in [-0.1, -0.05) is 23.7 Å². The monoisotopic (exact) mass is 477 g/mol. The Balaban J connectivity index is 1.47.